The van der Waals surface area contributed by atoms with Crippen LogP contribution in [0.15, 0.2) is 54.6 Å². The Morgan fingerprint density at radius 1 is 0.923 bits per heavy atom. The molecule has 2 atom stereocenters. The molecule has 0 unspecified atom stereocenters. The lowest BCUT2D eigenvalue weighted by atomic mass is 9.77. The molecular weight excluding hydrogens is 326 g/mol. The molecule has 0 saturated heterocycles. The van der Waals surface area contributed by atoms with Crippen LogP contribution in [0.5, 0.6) is 0 Å². The summed E-state index contributed by atoms with van der Waals surface area (Å²) in [7, 11) is 0. The van der Waals surface area contributed by atoms with Crippen molar-refractivity contribution in [1.29, 1.82) is 0 Å². The normalized spacial score (nSPS) is 23.5. The molecule has 26 heavy (non-hydrogen) atoms. The predicted octanol–water partition coefficient (Wildman–Crippen LogP) is 4.38. The van der Waals surface area contributed by atoms with Gasteiger partial charge in [-0.05, 0) is 30.0 Å². The minimum atomic E-state index is -0.875. The van der Waals surface area contributed by atoms with Crippen molar-refractivity contribution >= 4 is 11.9 Å². The number of nitrogens with zero attached hydrogens (tertiary/aromatic N) is 1. The molecule has 1 heterocycles. The number of carboxylic acid groups (broad SMARTS) is 1. The van der Waals surface area contributed by atoms with Crippen LogP contribution >= 0.6 is 0 Å². The zero-order chi connectivity index (χ0) is 18.1. The number of hydrogen-bond acceptors (Lipinski definition) is 2. The molecule has 1 amide bonds. The van der Waals surface area contributed by atoms with Crippen LogP contribution in [-0.2, 0) is 4.79 Å². The van der Waals surface area contributed by atoms with Gasteiger partial charge in [-0.1, -0.05) is 67.8 Å². The molecule has 4 heteroatoms. The SMILES string of the molecule is O=C(O)[C@H]1c2ccccc2C(=O)N(C2CCCCC2)[C@@H]1c1ccccc1. The molecule has 4 nitrogen and oxygen atoms in total. The molecule has 0 aromatic heterocycles. The van der Waals surface area contributed by atoms with Crippen molar-refractivity contribution in [2.75, 3.05) is 0 Å². The quantitative estimate of drug-likeness (QED) is 0.894. The Labute approximate surface area is 153 Å². The lowest BCUT2D eigenvalue weighted by molar-refractivity contribution is -0.141. The molecule has 1 N–H and O–H groups in total. The van der Waals surface area contributed by atoms with Crippen LogP contribution in [0, 0.1) is 0 Å². The van der Waals surface area contributed by atoms with Crippen molar-refractivity contribution in [2.24, 2.45) is 0 Å². The van der Waals surface area contributed by atoms with Crippen molar-refractivity contribution < 1.29 is 14.7 Å². The summed E-state index contributed by atoms with van der Waals surface area (Å²) in [5.74, 6) is -1.65. The zero-order valence-corrected chi connectivity index (χ0v) is 14.7. The number of carboxylic acids is 1. The number of carbonyl (C=O) groups excluding carboxylic acids is 1. The Morgan fingerprint density at radius 2 is 1.58 bits per heavy atom. The van der Waals surface area contributed by atoms with E-state index in [4.69, 9.17) is 0 Å². The lowest BCUT2D eigenvalue weighted by Gasteiger charge is -2.46. The summed E-state index contributed by atoms with van der Waals surface area (Å²) in [6.07, 6.45) is 5.27. The van der Waals surface area contributed by atoms with Crippen molar-refractivity contribution in [3.05, 3.63) is 71.3 Å². The van der Waals surface area contributed by atoms with Crippen molar-refractivity contribution in [2.45, 2.75) is 50.1 Å². The Balaban J connectivity index is 1.89. The van der Waals surface area contributed by atoms with Gasteiger partial charge in [-0.25, -0.2) is 0 Å². The van der Waals surface area contributed by atoms with Gasteiger partial charge in [0.15, 0.2) is 0 Å². The summed E-state index contributed by atoms with van der Waals surface area (Å²) in [5, 5.41) is 10.1. The van der Waals surface area contributed by atoms with E-state index in [-0.39, 0.29) is 11.9 Å². The topological polar surface area (TPSA) is 57.6 Å². The van der Waals surface area contributed by atoms with E-state index >= 15 is 0 Å². The maximum atomic E-state index is 13.4. The summed E-state index contributed by atoms with van der Waals surface area (Å²) in [5.41, 5.74) is 2.07. The third-order valence-electron chi connectivity index (χ3n) is 5.75. The maximum Gasteiger partial charge on any atom is 0.313 e. The van der Waals surface area contributed by atoms with Crippen LogP contribution in [0.2, 0.25) is 0 Å². The molecule has 4 rings (SSSR count). The average molecular weight is 349 g/mol. The number of benzene rings is 2. The second-order valence-corrected chi connectivity index (χ2v) is 7.26. The second kappa shape index (κ2) is 6.94. The highest BCUT2D eigenvalue weighted by atomic mass is 16.4. The highest BCUT2D eigenvalue weighted by molar-refractivity contribution is 6.00. The molecule has 1 fully saturated rings. The van der Waals surface area contributed by atoms with E-state index in [1.807, 2.05) is 47.4 Å². The molecule has 1 saturated carbocycles. The zero-order valence-electron chi connectivity index (χ0n) is 14.7. The highest BCUT2D eigenvalue weighted by Crippen LogP contribution is 2.45. The fourth-order valence-electron chi connectivity index (χ4n) is 4.58. The van der Waals surface area contributed by atoms with Gasteiger partial charge in [0.25, 0.3) is 5.91 Å². The minimum absolute atomic E-state index is 0.0288. The fourth-order valence-corrected chi connectivity index (χ4v) is 4.58. The van der Waals surface area contributed by atoms with E-state index in [9.17, 15) is 14.7 Å². The summed E-state index contributed by atoms with van der Waals surface area (Å²) >= 11 is 0. The molecule has 2 aromatic rings. The Kier molecular flexibility index (Phi) is 4.49. The molecule has 2 aromatic carbocycles. The van der Waals surface area contributed by atoms with E-state index in [0.717, 1.165) is 31.2 Å². The summed E-state index contributed by atoms with van der Waals surface area (Å²) in [6, 6.07) is 16.5. The number of rotatable bonds is 3. The lowest BCUT2D eigenvalue weighted by Crippen LogP contribution is -2.50. The first-order valence-corrected chi connectivity index (χ1v) is 9.38. The summed E-state index contributed by atoms with van der Waals surface area (Å²) < 4.78 is 0. The van der Waals surface area contributed by atoms with E-state index in [1.54, 1.807) is 12.1 Å². The largest absolute Gasteiger partial charge is 0.481 e. The maximum absolute atomic E-state index is 13.4. The molecule has 0 spiro atoms. The number of hydrogen-bond donors (Lipinski definition) is 1. The van der Waals surface area contributed by atoms with Gasteiger partial charge in [0, 0.05) is 11.6 Å². The van der Waals surface area contributed by atoms with E-state index in [0.29, 0.717) is 11.1 Å². The van der Waals surface area contributed by atoms with E-state index in [2.05, 4.69) is 0 Å². The molecular formula is C22H23NO3. The monoisotopic (exact) mass is 349 g/mol. The molecule has 0 radical (unpaired) electrons. The number of amides is 1. The molecule has 0 bridgehead atoms. The van der Waals surface area contributed by atoms with Crippen LogP contribution < -0.4 is 0 Å². The van der Waals surface area contributed by atoms with Gasteiger partial charge in [-0.3, -0.25) is 9.59 Å². The summed E-state index contributed by atoms with van der Waals surface area (Å²) in [6.45, 7) is 0. The van der Waals surface area contributed by atoms with Gasteiger partial charge in [-0.2, -0.15) is 0 Å². The van der Waals surface area contributed by atoms with Crippen molar-refractivity contribution in [3.8, 4) is 0 Å². The fraction of sp³-hybridized carbons (Fsp3) is 0.364. The minimum Gasteiger partial charge on any atom is -0.481 e. The standard InChI is InChI=1S/C22H23NO3/c24-21-18-14-8-7-13-17(18)19(22(25)26)20(15-9-3-1-4-10-15)23(21)16-11-5-2-6-12-16/h1,3-4,7-10,13-14,16,19-20H,2,5-6,11-12H2,(H,25,26)/t19-,20+/m0/s1. The van der Waals surface area contributed by atoms with Gasteiger partial charge in [-0.15, -0.1) is 0 Å². The molecule has 1 aliphatic heterocycles. The van der Waals surface area contributed by atoms with Crippen LogP contribution in [0.1, 0.15) is 65.5 Å². The summed E-state index contributed by atoms with van der Waals surface area (Å²) in [4.78, 5) is 27.6. The van der Waals surface area contributed by atoms with Crippen LogP contribution in [-0.4, -0.2) is 27.9 Å². The van der Waals surface area contributed by atoms with Gasteiger partial charge in [0.1, 0.15) is 5.92 Å². The van der Waals surface area contributed by atoms with Crippen molar-refractivity contribution in [3.63, 3.8) is 0 Å². The highest BCUT2D eigenvalue weighted by Gasteiger charge is 2.46. The Bertz CT molecular complexity index is 811. The Hall–Kier alpha value is -2.62. The van der Waals surface area contributed by atoms with E-state index in [1.165, 1.54) is 6.42 Å². The number of fused-ring (bicyclic) bond motifs is 1. The van der Waals surface area contributed by atoms with Crippen LogP contribution in [0.3, 0.4) is 0 Å². The van der Waals surface area contributed by atoms with Gasteiger partial charge < -0.3 is 10.0 Å². The van der Waals surface area contributed by atoms with Gasteiger partial charge >= 0.3 is 5.97 Å². The number of carbonyl (C=O) groups is 2. The molecule has 2 aliphatic rings. The third kappa shape index (κ3) is 2.79. The van der Waals surface area contributed by atoms with Crippen LogP contribution in [0.25, 0.3) is 0 Å². The third-order valence-corrected chi connectivity index (χ3v) is 5.75. The Morgan fingerprint density at radius 3 is 2.27 bits per heavy atom. The van der Waals surface area contributed by atoms with Crippen molar-refractivity contribution in [1.82, 2.24) is 4.90 Å². The molecule has 1 aliphatic carbocycles. The number of aliphatic carboxylic acids is 1. The average Bonchev–Trinajstić information content (AvgIpc) is 2.69. The van der Waals surface area contributed by atoms with Crippen LogP contribution in [0.4, 0.5) is 0 Å². The predicted molar refractivity (Wildman–Crippen MR) is 99.0 cm³/mol. The van der Waals surface area contributed by atoms with E-state index < -0.39 is 17.9 Å². The first-order valence-electron chi connectivity index (χ1n) is 9.38. The van der Waals surface area contributed by atoms with Gasteiger partial charge in [0.2, 0.25) is 0 Å². The van der Waals surface area contributed by atoms with Gasteiger partial charge in [0.05, 0.1) is 6.04 Å². The smallest absolute Gasteiger partial charge is 0.313 e. The molecule has 134 valence electrons. The first-order chi connectivity index (χ1) is 12.7. The second-order valence-electron chi connectivity index (χ2n) is 7.26. The first kappa shape index (κ1) is 16.8.